The van der Waals surface area contributed by atoms with E-state index in [1.165, 1.54) is 6.42 Å². The molecule has 2 nitrogen and oxygen atoms in total. The third-order valence-electron chi connectivity index (χ3n) is 4.38. The Morgan fingerprint density at radius 1 is 1.35 bits per heavy atom. The van der Waals surface area contributed by atoms with E-state index in [0.717, 1.165) is 43.4 Å². The Morgan fingerprint density at radius 3 is 2.60 bits per heavy atom. The van der Waals surface area contributed by atoms with Crippen molar-refractivity contribution in [3.63, 3.8) is 0 Å². The van der Waals surface area contributed by atoms with Gasteiger partial charge in [-0.15, -0.1) is 0 Å². The van der Waals surface area contributed by atoms with Gasteiger partial charge in [-0.1, -0.05) is 13.0 Å². The van der Waals surface area contributed by atoms with Crippen molar-refractivity contribution in [2.24, 2.45) is 0 Å². The van der Waals surface area contributed by atoms with Gasteiger partial charge in [-0.3, -0.25) is 0 Å². The molecule has 2 rings (SSSR count). The Bertz CT molecular complexity index is 417. The molecule has 0 radical (unpaired) electrons. The zero-order chi connectivity index (χ0) is 14.6. The van der Waals surface area contributed by atoms with Gasteiger partial charge in [0.1, 0.15) is 5.82 Å². The van der Waals surface area contributed by atoms with E-state index in [1.54, 1.807) is 19.2 Å². The van der Waals surface area contributed by atoms with Gasteiger partial charge in [0.05, 0.1) is 5.60 Å². The second kappa shape index (κ2) is 6.68. The molecule has 1 aromatic carbocycles. The molecule has 1 N–H and O–H groups in total. The summed E-state index contributed by atoms with van der Waals surface area (Å²) in [5.74, 6) is -0.150. The second-order valence-corrected chi connectivity index (χ2v) is 6.01. The molecule has 1 unspecified atom stereocenters. The second-order valence-electron chi connectivity index (χ2n) is 6.01. The molecule has 0 aliphatic heterocycles. The van der Waals surface area contributed by atoms with Crippen molar-refractivity contribution in [2.45, 2.75) is 57.6 Å². The van der Waals surface area contributed by atoms with Crippen LogP contribution in [0.2, 0.25) is 0 Å². The van der Waals surface area contributed by atoms with E-state index in [0.29, 0.717) is 0 Å². The van der Waals surface area contributed by atoms with Gasteiger partial charge in [-0.2, -0.15) is 0 Å². The van der Waals surface area contributed by atoms with E-state index >= 15 is 0 Å². The van der Waals surface area contributed by atoms with Crippen molar-refractivity contribution in [2.75, 3.05) is 13.7 Å². The highest BCUT2D eigenvalue weighted by Crippen LogP contribution is 2.42. The van der Waals surface area contributed by atoms with Crippen LogP contribution in [0.25, 0.3) is 0 Å². The maximum Gasteiger partial charge on any atom is 0.123 e. The minimum absolute atomic E-state index is 0.00830. The summed E-state index contributed by atoms with van der Waals surface area (Å²) < 4.78 is 19.4. The van der Waals surface area contributed by atoms with Crippen LogP contribution in [-0.4, -0.2) is 19.3 Å². The number of halogens is 1. The number of methoxy groups -OCH3 is 1. The van der Waals surface area contributed by atoms with Crippen molar-refractivity contribution in [3.8, 4) is 0 Å². The quantitative estimate of drug-likeness (QED) is 0.810. The van der Waals surface area contributed by atoms with Crippen LogP contribution in [0.4, 0.5) is 4.39 Å². The van der Waals surface area contributed by atoms with E-state index in [9.17, 15) is 4.39 Å². The molecule has 112 valence electrons. The minimum Gasteiger partial charge on any atom is -0.378 e. The highest BCUT2D eigenvalue weighted by atomic mass is 19.1. The lowest BCUT2D eigenvalue weighted by molar-refractivity contribution is -0.0838. The van der Waals surface area contributed by atoms with Gasteiger partial charge in [0.2, 0.25) is 0 Å². The number of hydrogen-bond acceptors (Lipinski definition) is 2. The Balaban J connectivity index is 2.17. The van der Waals surface area contributed by atoms with E-state index in [1.807, 2.05) is 6.92 Å². The first-order chi connectivity index (χ1) is 9.58. The molecule has 1 aromatic rings. The largest absolute Gasteiger partial charge is 0.378 e. The van der Waals surface area contributed by atoms with Crippen LogP contribution in [0.3, 0.4) is 0 Å². The van der Waals surface area contributed by atoms with Crippen molar-refractivity contribution in [3.05, 3.63) is 35.1 Å². The lowest BCUT2D eigenvalue weighted by atomic mass is 9.74. The average Bonchev–Trinajstić information content (AvgIpc) is 2.36. The predicted octanol–water partition coefficient (Wildman–Crippen LogP) is 4.13. The van der Waals surface area contributed by atoms with Crippen LogP contribution in [0.5, 0.6) is 0 Å². The zero-order valence-corrected chi connectivity index (χ0v) is 12.8. The molecule has 0 aromatic heterocycles. The van der Waals surface area contributed by atoms with Gasteiger partial charge in [0, 0.05) is 13.2 Å². The number of hydrogen-bond donors (Lipinski definition) is 1. The minimum atomic E-state index is -0.150. The monoisotopic (exact) mass is 279 g/mol. The Kier molecular flexibility index (Phi) is 5.17. The highest BCUT2D eigenvalue weighted by molar-refractivity contribution is 5.27. The van der Waals surface area contributed by atoms with Gasteiger partial charge in [-0.25, -0.2) is 4.39 Å². The summed E-state index contributed by atoms with van der Waals surface area (Å²) in [5, 5.41) is 3.55. The molecule has 1 fully saturated rings. The molecule has 0 bridgehead atoms. The van der Waals surface area contributed by atoms with E-state index < -0.39 is 0 Å². The van der Waals surface area contributed by atoms with Crippen molar-refractivity contribution < 1.29 is 9.13 Å². The Labute approximate surface area is 121 Å². The maximum atomic E-state index is 13.7. The first-order valence-corrected chi connectivity index (χ1v) is 7.64. The number of nitrogens with one attached hydrogen (secondary N) is 1. The normalized spacial score (nSPS) is 18.6. The van der Waals surface area contributed by atoms with Crippen LogP contribution in [0, 0.1) is 12.7 Å². The molecule has 20 heavy (non-hydrogen) atoms. The van der Waals surface area contributed by atoms with Crippen molar-refractivity contribution in [1.82, 2.24) is 5.32 Å². The summed E-state index contributed by atoms with van der Waals surface area (Å²) in [6, 6.07) is 5.49. The molecule has 0 heterocycles. The maximum absolute atomic E-state index is 13.7. The molecule has 0 amide bonds. The predicted molar refractivity (Wildman–Crippen MR) is 80.4 cm³/mol. The van der Waals surface area contributed by atoms with Crippen LogP contribution in [-0.2, 0) is 4.74 Å². The van der Waals surface area contributed by atoms with Gasteiger partial charge in [0.25, 0.3) is 0 Å². The molecule has 1 atom stereocenters. The molecule has 1 aliphatic carbocycles. The molecule has 0 spiro atoms. The number of rotatable bonds is 7. The lowest BCUT2D eigenvalue weighted by Gasteiger charge is -2.43. The Hall–Kier alpha value is -0.930. The van der Waals surface area contributed by atoms with E-state index in [2.05, 4.69) is 18.3 Å². The first kappa shape index (κ1) is 15.5. The fourth-order valence-electron chi connectivity index (χ4n) is 3.03. The summed E-state index contributed by atoms with van der Waals surface area (Å²) in [7, 11) is 1.80. The fourth-order valence-corrected chi connectivity index (χ4v) is 3.03. The number of aryl methyl sites for hydroxylation is 1. The topological polar surface area (TPSA) is 21.3 Å². The Morgan fingerprint density at radius 2 is 2.10 bits per heavy atom. The summed E-state index contributed by atoms with van der Waals surface area (Å²) in [4.78, 5) is 0. The molecule has 1 aliphatic rings. The van der Waals surface area contributed by atoms with Crippen molar-refractivity contribution in [1.29, 1.82) is 0 Å². The van der Waals surface area contributed by atoms with Crippen LogP contribution < -0.4 is 5.32 Å². The molecular formula is C17H26FNO. The van der Waals surface area contributed by atoms with Gasteiger partial charge in [-0.05, 0) is 68.8 Å². The molecule has 3 heteroatoms. The van der Waals surface area contributed by atoms with Crippen molar-refractivity contribution >= 4 is 0 Å². The molecular weight excluding hydrogens is 253 g/mol. The van der Waals surface area contributed by atoms with Crippen LogP contribution in [0.1, 0.15) is 56.2 Å². The SMILES string of the molecule is CCCNC(CC1(OC)CCC1)c1cc(C)cc(F)c1. The first-order valence-electron chi connectivity index (χ1n) is 7.64. The third-order valence-corrected chi connectivity index (χ3v) is 4.38. The van der Waals surface area contributed by atoms with Crippen LogP contribution in [0.15, 0.2) is 18.2 Å². The summed E-state index contributed by atoms with van der Waals surface area (Å²) in [6.07, 6.45) is 5.46. The molecule has 0 saturated heterocycles. The number of benzene rings is 1. The number of ether oxygens (including phenoxy) is 1. The van der Waals surface area contributed by atoms with Gasteiger partial charge >= 0.3 is 0 Å². The summed E-state index contributed by atoms with van der Waals surface area (Å²) >= 11 is 0. The average molecular weight is 279 g/mol. The standard InChI is InChI=1S/C17H26FNO/c1-4-8-19-16(12-17(20-3)6-5-7-17)14-9-13(2)10-15(18)11-14/h9-11,16,19H,4-8,12H2,1-3H3. The van der Waals surface area contributed by atoms with Gasteiger partial charge < -0.3 is 10.1 Å². The smallest absolute Gasteiger partial charge is 0.123 e. The zero-order valence-electron chi connectivity index (χ0n) is 12.8. The van der Waals surface area contributed by atoms with Crippen LogP contribution >= 0.6 is 0 Å². The molecule has 1 saturated carbocycles. The highest BCUT2D eigenvalue weighted by Gasteiger charge is 2.39. The third kappa shape index (κ3) is 3.58. The lowest BCUT2D eigenvalue weighted by Crippen LogP contribution is -2.43. The van der Waals surface area contributed by atoms with E-state index in [4.69, 9.17) is 4.74 Å². The van der Waals surface area contributed by atoms with Gasteiger partial charge in [0.15, 0.2) is 0 Å². The fraction of sp³-hybridized carbons (Fsp3) is 0.647. The summed E-state index contributed by atoms with van der Waals surface area (Å²) in [6.45, 7) is 5.04. The summed E-state index contributed by atoms with van der Waals surface area (Å²) in [5.41, 5.74) is 2.01. The van der Waals surface area contributed by atoms with E-state index in [-0.39, 0.29) is 17.5 Å².